The zero-order valence-corrected chi connectivity index (χ0v) is 10.7. The van der Waals surface area contributed by atoms with Gasteiger partial charge in [0, 0.05) is 22.9 Å². The zero-order valence-electron chi connectivity index (χ0n) is 9.89. The molecule has 2 unspecified atom stereocenters. The first-order valence-electron chi connectivity index (χ1n) is 6.06. The molecule has 3 heteroatoms. The molecule has 0 saturated carbocycles. The van der Waals surface area contributed by atoms with Crippen molar-refractivity contribution >= 4 is 28.4 Å². The van der Waals surface area contributed by atoms with Crippen LogP contribution in [0.2, 0.25) is 0 Å². The molecular formula is C14H16N2S. The van der Waals surface area contributed by atoms with Crippen molar-refractivity contribution in [1.29, 1.82) is 0 Å². The van der Waals surface area contributed by atoms with E-state index >= 15 is 0 Å². The van der Waals surface area contributed by atoms with Crippen LogP contribution in [0.1, 0.15) is 13.3 Å². The second-order valence-electron chi connectivity index (χ2n) is 4.50. The molecule has 0 radical (unpaired) electrons. The van der Waals surface area contributed by atoms with Crippen LogP contribution in [0.25, 0.3) is 10.9 Å². The molecule has 2 nitrogen and oxygen atoms in total. The van der Waals surface area contributed by atoms with Gasteiger partial charge < -0.3 is 5.32 Å². The first kappa shape index (κ1) is 10.9. The number of aromatic nitrogens is 1. The number of nitrogens with zero attached hydrogens (tertiary/aromatic N) is 1. The van der Waals surface area contributed by atoms with Crippen molar-refractivity contribution in [3.63, 3.8) is 0 Å². The number of thioether (sulfide) groups is 1. The Balaban J connectivity index is 1.94. The summed E-state index contributed by atoms with van der Waals surface area (Å²) in [5, 5.41) is 5.54. The average molecular weight is 244 g/mol. The monoisotopic (exact) mass is 244 g/mol. The second-order valence-corrected chi connectivity index (χ2v) is 5.98. The Hall–Kier alpha value is -1.22. The Morgan fingerprint density at radius 2 is 2.18 bits per heavy atom. The highest BCUT2D eigenvalue weighted by molar-refractivity contribution is 8.00. The Labute approximate surface area is 106 Å². The van der Waals surface area contributed by atoms with E-state index in [-0.39, 0.29) is 0 Å². The predicted octanol–water partition coefficient (Wildman–Crippen LogP) is 3.54. The number of fused-ring (bicyclic) bond motifs is 1. The van der Waals surface area contributed by atoms with Gasteiger partial charge in [-0.15, -0.1) is 0 Å². The maximum absolute atomic E-state index is 4.48. The van der Waals surface area contributed by atoms with E-state index < -0.39 is 0 Å². The van der Waals surface area contributed by atoms with Crippen LogP contribution in [0, 0.1) is 0 Å². The van der Waals surface area contributed by atoms with Crippen LogP contribution in [0.15, 0.2) is 36.5 Å². The first-order valence-corrected chi connectivity index (χ1v) is 7.11. The van der Waals surface area contributed by atoms with E-state index in [9.17, 15) is 0 Å². The highest BCUT2D eigenvalue weighted by atomic mass is 32.2. The Morgan fingerprint density at radius 1 is 1.29 bits per heavy atom. The van der Waals surface area contributed by atoms with Gasteiger partial charge in [-0.2, -0.15) is 11.8 Å². The SMILES string of the molecule is CC1SCCC1Nc1cccc2cccnc12. The fourth-order valence-corrected chi connectivity index (χ4v) is 3.54. The van der Waals surface area contributed by atoms with Gasteiger partial charge in [-0.1, -0.05) is 25.1 Å². The minimum Gasteiger partial charge on any atom is -0.379 e. The maximum atomic E-state index is 4.48. The van der Waals surface area contributed by atoms with Crippen LogP contribution in [-0.2, 0) is 0 Å². The highest BCUT2D eigenvalue weighted by Gasteiger charge is 2.24. The molecule has 2 atom stereocenters. The predicted molar refractivity (Wildman–Crippen MR) is 75.7 cm³/mol. The number of hydrogen-bond donors (Lipinski definition) is 1. The molecule has 1 aliphatic heterocycles. The topological polar surface area (TPSA) is 24.9 Å². The lowest BCUT2D eigenvalue weighted by Gasteiger charge is -2.18. The van der Waals surface area contributed by atoms with E-state index in [1.54, 1.807) is 0 Å². The maximum Gasteiger partial charge on any atom is 0.0933 e. The van der Waals surface area contributed by atoms with Crippen LogP contribution in [-0.4, -0.2) is 22.0 Å². The molecule has 1 aliphatic rings. The smallest absolute Gasteiger partial charge is 0.0933 e. The quantitative estimate of drug-likeness (QED) is 0.874. The molecule has 0 amide bonds. The van der Waals surface area contributed by atoms with Crippen LogP contribution in [0.4, 0.5) is 5.69 Å². The number of anilines is 1. The van der Waals surface area contributed by atoms with E-state index in [0.29, 0.717) is 11.3 Å². The van der Waals surface area contributed by atoms with Crippen LogP contribution in [0.3, 0.4) is 0 Å². The Bertz CT molecular complexity index is 521. The minimum absolute atomic E-state index is 0.576. The molecule has 17 heavy (non-hydrogen) atoms. The number of hydrogen-bond acceptors (Lipinski definition) is 3. The van der Waals surface area contributed by atoms with Crippen molar-refractivity contribution in [2.24, 2.45) is 0 Å². The molecule has 1 aromatic carbocycles. The van der Waals surface area contributed by atoms with E-state index in [0.717, 1.165) is 5.52 Å². The van der Waals surface area contributed by atoms with E-state index in [1.165, 1.54) is 23.2 Å². The van der Waals surface area contributed by atoms with Gasteiger partial charge in [0.15, 0.2) is 0 Å². The van der Waals surface area contributed by atoms with E-state index in [1.807, 2.05) is 24.0 Å². The molecule has 2 aromatic rings. The van der Waals surface area contributed by atoms with Crippen molar-refractivity contribution in [3.8, 4) is 0 Å². The van der Waals surface area contributed by atoms with Gasteiger partial charge in [0.1, 0.15) is 0 Å². The van der Waals surface area contributed by atoms with Gasteiger partial charge in [-0.25, -0.2) is 0 Å². The lowest BCUT2D eigenvalue weighted by Crippen LogP contribution is -2.24. The molecular weight excluding hydrogens is 228 g/mol. The summed E-state index contributed by atoms with van der Waals surface area (Å²) >= 11 is 2.05. The molecule has 2 heterocycles. The van der Waals surface area contributed by atoms with E-state index in [4.69, 9.17) is 0 Å². The van der Waals surface area contributed by atoms with Crippen LogP contribution < -0.4 is 5.32 Å². The number of nitrogens with one attached hydrogen (secondary N) is 1. The summed E-state index contributed by atoms with van der Waals surface area (Å²) in [5.41, 5.74) is 2.25. The molecule has 1 saturated heterocycles. The van der Waals surface area contributed by atoms with Gasteiger partial charge in [-0.3, -0.25) is 4.98 Å². The summed E-state index contributed by atoms with van der Waals surface area (Å²) in [7, 11) is 0. The van der Waals surface area contributed by atoms with Gasteiger partial charge in [0.05, 0.1) is 11.2 Å². The number of benzene rings is 1. The summed E-state index contributed by atoms with van der Waals surface area (Å²) in [5.74, 6) is 1.26. The summed E-state index contributed by atoms with van der Waals surface area (Å²) < 4.78 is 0. The Morgan fingerprint density at radius 3 is 3.00 bits per heavy atom. The largest absolute Gasteiger partial charge is 0.379 e. The van der Waals surface area contributed by atoms with Crippen molar-refractivity contribution in [2.75, 3.05) is 11.1 Å². The van der Waals surface area contributed by atoms with Gasteiger partial charge in [0.2, 0.25) is 0 Å². The van der Waals surface area contributed by atoms with Crippen molar-refractivity contribution in [3.05, 3.63) is 36.5 Å². The van der Waals surface area contributed by atoms with Crippen molar-refractivity contribution in [1.82, 2.24) is 4.98 Å². The van der Waals surface area contributed by atoms with Crippen LogP contribution in [0.5, 0.6) is 0 Å². The van der Waals surface area contributed by atoms with E-state index in [2.05, 4.69) is 41.5 Å². The van der Waals surface area contributed by atoms with Gasteiger partial charge in [-0.05, 0) is 24.3 Å². The summed E-state index contributed by atoms with van der Waals surface area (Å²) in [6.07, 6.45) is 3.11. The minimum atomic E-state index is 0.576. The van der Waals surface area contributed by atoms with Crippen LogP contribution >= 0.6 is 11.8 Å². The summed E-state index contributed by atoms with van der Waals surface area (Å²) in [4.78, 5) is 4.48. The molecule has 1 fully saturated rings. The molecule has 0 bridgehead atoms. The molecule has 0 aliphatic carbocycles. The molecule has 3 rings (SSSR count). The normalized spacial score (nSPS) is 24.1. The lowest BCUT2D eigenvalue weighted by molar-refractivity contribution is 0.725. The molecule has 1 N–H and O–H groups in total. The number of rotatable bonds is 2. The average Bonchev–Trinajstić information content (AvgIpc) is 2.76. The third kappa shape index (κ3) is 2.12. The zero-order chi connectivity index (χ0) is 11.7. The molecule has 88 valence electrons. The lowest BCUT2D eigenvalue weighted by atomic mass is 10.1. The summed E-state index contributed by atoms with van der Waals surface area (Å²) in [6, 6.07) is 11.0. The number of para-hydroxylation sites is 1. The third-order valence-corrected chi connectivity index (χ3v) is 4.68. The van der Waals surface area contributed by atoms with Gasteiger partial charge >= 0.3 is 0 Å². The van der Waals surface area contributed by atoms with Crippen molar-refractivity contribution in [2.45, 2.75) is 24.6 Å². The van der Waals surface area contributed by atoms with Gasteiger partial charge in [0.25, 0.3) is 0 Å². The Kier molecular flexibility index (Phi) is 2.93. The summed E-state index contributed by atoms with van der Waals surface area (Å²) in [6.45, 7) is 2.30. The van der Waals surface area contributed by atoms with Crippen molar-refractivity contribution < 1.29 is 0 Å². The molecule has 0 spiro atoms. The fourth-order valence-electron chi connectivity index (χ4n) is 2.34. The fraction of sp³-hybridized carbons (Fsp3) is 0.357. The highest BCUT2D eigenvalue weighted by Crippen LogP contribution is 2.30. The first-order chi connectivity index (χ1) is 8.34. The standard InChI is InChI=1S/C14H16N2S/c1-10-12(7-9-17-10)16-13-6-2-4-11-5-3-8-15-14(11)13/h2-6,8,10,12,16H,7,9H2,1H3. The second kappa shape index (κ2) is 4.57. The number of pyridine rings is 1. The third-order valence-electron chi connectivity index (χ3n) is 3.35. The molecule has 1 aromatic heterocycles.